The molecule has 42 nitrogen and oxygen atoms in total. The van der Waals surface area contributed by atoms with Crippen LogP contribution < -0.4 is 42.5 Å². The Morgan fingerprint density at radius 3 is 1.16 bits per heavy atom. The molecule has 0 radical (unpaired) electrons. The van der Waals surface area contributed by atoms with Crippen LogP contribution in [0, 0.1) is 0 Å². The standard InChI is InChI=1S/C67H114N10O32/c1-38-50(87)54(91)58(95)63(106-38)101-25-21-71-44(81)16-7-3-9-17-68-45(82)29-76(30-46(83)69-18-10-4-11-20-75-67(100)105-37-39-13-5-2-6-14-39)31-47(84)70-19-12-8-15-40(62(99)74-24-28-104-66-61(98)57(94)53(90)43(36-80)109-66)77(32-48(85)72-22-26-102-64-59(96)55(92)51(88)41(34-78)107-64)33-49(86)73-23-27-103-65-60(97)56(93)52(89)42(35-79)108-65/h2,5-6,13-14,38,40-43,50-61,63-66,78-80,87-98H,3-4,7-12,15-37H2,1H3,(H,68,82)(H,69,83)(H,70,84)(H,71,81)(H,72,85)(H,73,86)(H,74,99)(H,75,100)/t38-,40-,41+,42+,43+,50+,51+,52+,53+,54+,55-,56-,57-,58-,59-,60-,61-,63+,64-,65-,66-/m0/s1. The van der Waals surface area contributed by atoms with Gasteiger partial charge in [-0.15, -0.1) is 0 Å². The van der Waals surface area contributed by atoms with Crippen molar-refractivity contribution in [1.82, 2.24) is 52.3 Å². The Bertz CT molecular complexity index is 2780. The predicted octanol–water partition coefficient (Wildman–Crippen LogP) is -11.1. The van der Waals surface area contributed by atoms with E-state index >= 15 is 0 Å². The van der Waals surface area contributed by atoms with E-state index in [1.54, 1.807) is 0 Å². The van der Waals surface area contributed by atoms with Crippen LogP contribution >= 0.6 is 0 Å². The van der Waals surface area contributed by atoms with Crippen molar-refractivity contribution in [1.29, 1.82) is 0 Å². The summed E-state index contributed by atoms with van der Waals surface area (Å²) in [6.07, 6.45) is -27.9. The Morgan fingerprint density at radius 1 is 0.385 bits per heavy atom. The van der Waals surface area contributed by atoms with Crippen molar-refractivity contribution in [2.45, 2.75) is 207 Å². The van der Waals surface area contributed by atoms with E-state index in [2.05, 4.69) is 42.5 Å². The van der Waals surface area contributed by atoms with E-state index in [0.29, 0.717) is 45.1 Å². The smallest absolute Gasteiger partial charge is 0.407 e. The number of ether oxygens (including phenoxy) is 9. The molecule has 4 fully saturated rings. The molecule has 0 unspecified atom stereocenters. The maximum Gasteiger partial charge on any atom is 0.407 e. The van der Waals surface area contributed by atoms with Crippen molar-refractivity contribution in [3.05, 3.63) is 35.9 Å². The van der Waals surface area contributed by atoms with Crippen molar-refractivity contribution in [2.24, 2.45) is 0 Å². The minimum Gasteiger partial charge on any atom is -0.445 e. The van der Waals surface area contributed by atoms with Crippen molar-refractivity contribution < 1.29 is 158 Å². The monoisotopic (exact) mass is 1570 g/mol. The Hall–Kier alpha value is -6.22. The summed E-state index contributed by atoms with van der Waals surface area (Å²) in [6.45, 7) is -4.79. The van der Waals surface area contributed by atoms with Gasteiger partial charge in [0.25, 0.3) is 0 Å². The highest BCUT2D eigenvalue weighted by molar-refractivity contribution is 5.86. The normalized spacial score (nSPS) is 28.6. The van der Waals surface area contributed by atoms with Crippen LogP contribution in [0.15, 0.2) is 30.3 Å². The van der Waals surface area contributed by atoms with Crippen LogP contribution in [0.25, 0.3) is 0 Å². The summed E-state index contributed by atoms with van der Waals surface area (Å²) in [7, 11) is 0. The molecule has 4 saturated heterocycles. The number of carbonyl (C=O) groups excluding carboxylic acids is 8. The summed E-state index contributed by atoms with van der Waals surface area (Å²) >= 11 is 0. The van der Waals surface area contributed by atoms with E-state index < -0.39 is 230 Å². The highest BCUT2D eigenvalue weighted by Crippen LogP contribution is 2.26. The third-order valence-corrected chi connectivity index (χ3v) is 18.0. The fourth-order valence-electron chi connectivity index (χ4n) is 11.7. The molecule has 4 aliphatic heterocycles. The maximum atomic E-state index is 14.4. The molecule has 109 heavy (non-hydrogen) atoms. The number of nitrogens with one attached hydrogen (secondary N) is 8. The highest BCUT2D eigenvalue weighted by Gasteiger charge is 2.47. The molecule has 0 spiro atoms. The Kier molecular flexibility index (Phi) is 43.4. The summed E-state index contributed by atoms with van der Waals surface area (Å²) in [4.78, 5) is 110. The number of hydrogen-bond acceptors (Lipinski definition) is 34. The largest absolute Gasteiger partial charge is 0.445 e. The average molecular weight is 1570 g/mol. The Labute approximate surface area is 629 Å². The zero-order chi connectivity index (χ0) is 80.0. The van der Waals surface area contributed by atoms with Gasteiger partial charge in [0.1, 0.15) is 98.2 Å². The van der Waals surface area contributed by atoms with Gasteiger partial charge in [-0.25, -0.2) is 4.79 Å². The third-order valence-electron chi connectivity index (χ3n) is 18.0. The van der Waals surface area contributed by atoms with Crippen molar-refractivity contribution in [3.63, 3.8) is 0 Å². The molecule has 1 aromatic carbocycles. The van der Waals surface area contributed by atoms with Gasteiger partial charge in [-0.1, -0.05) is 36.8 Å². The predicted molar refractivity (Wildman–Crippen MR) is 371 cm³/mol. The van der Waals surface area contributed by atoms with Gasteiger partial charge >= 0.3 is 6.09 Å². The van der Waals surface area contributed by atoms with Crippen LogP contribution in [-0.4, -0.2) is 394 Å². The minimum atomic E-state index is -1.79. The molecular formula is C67H114N10O32. The first-order valence-electron chi connectivity index (χ1n) is 36.5. The van der Waals surface area contributed by atoms with Gasteiger partial charge in [-0.2, -0.15) is 0 Å². The number of aliphatic hydroxyl groups is 15. The van der Waals surface area contributed by atoms with Crippen LogP contribution in [0.4, 0.5) is 4.79 Å². The van der Waals surface area contributed by atoms with E-state index in [-0.39, 0.29) is 104 Å². The molecule has 21 atom stereocenters. The van der Waals surface area contributed by atoms with Crippen LogP contribution in [0.1, 0.15) is 76.7 Å². The maximum absolute atomic E-state index is 14.4. The summed E-state index contributed by atoms with van der Waals surface area (Å²) < 4.78 is 48.7. The molecule has 0 bridgehead atoms. The molecule has 42 heteroatoms. The number of rotatable bonds is 50. The molecule has 0 aliphatic carbocycles. The van der Waals surface area contributed by atoms with E-state index in [4.69, 9.17) is 42.6 Å². The molecule has 1 aromatic rings. The summed E-state index contributed by atoms with van der Waals surface area (Å²) in [6, 6.07) is 7.75. The lowest BCUT2D eigenvalue weighted by Gasteiger charge is -2.39. The highest BCUT2D eigenvalue weighted by atomic mass is 16.7. The molecule has 4 aliphatic rings. The van der Waals surface area contributed by atoms with Crippen LogP contribution in [0.5, 0.6) is 0 Å². The average Bonchev–Trinajstić information content (AvgIpc) is 0.838. The van der Waals surface area contributed by atoms with Crippen LogP contribution in [0.3, 0.4) is 0 Å². The second kappa shape index (κ2) is 50.7. The van der Waals surface area contributed by atoms with Gasteiger partial charge in [0.2, 0.25) is 41.4 Å². The van der Waals surface area contributed by atoms with Crippen molar-refractivity contribution in [2.75, 3.05) is 131 Å². The zero-order valence-corrected chi connectivity index (χ0v) is 61.0. The van der Waals surface area contributed by atoms with Gasteiger partial charge in [0.05, 0.1) is 91.1 Å². The number of unbranched alkanes of at least 4 members (excludes halogenated alkanes) is 5. The lowest BCUT2D eigenvalue weighted by Crippen LogP contribution is -2.59. The first-order chi connectivity index (χ1) is 52.2. The number of benzene rings is 1. The molecular weight excluding hydrogens is 1460 g/mol. The van der Waals surface area contributed by atoms with Crippen molar-refractivity contribution >= 4 is 47.4 Å². The first-order valence-corrected chi connectivity index (χ1v) is 36.5. The third kappa shape index (κ3) is 32.8. The summed E-state index contributed by atoms with van der Waals surface area (Å²) in [5.74, 6) is -4.39. The second-order valence-electron chi connectivity index (χ2n) is 26.6. The lowest BCUT2D eigenvalue weighted by molar-refractivity contribution is -0.300. The Morgan fingerprint density at radius 2 is 0.734 bits per heavy atom. The fourth-order valence-corrected chi connectivity index (χ4v) is 11.7. The number of nitrogens with zero attached hydrogens (tertiary/aromatic N) is 2. The van der Waals surface area contributed by atoms with Crippen LogP contribution in [0.2, 0.25) is 0 Å². The second-order valence-corrected chi connectivity index (χ2v) is 26.6. The van der Waals surface area contributed by atoms with Gasteiger partial charge in [-0.3, -0.25) is 43.4 Å². The van der Waals surface area contributed by atoms with E-state index in [9.17, 15) is 115 Å². The van der Waals surface area contributed by atoms with E-state index in [1.807, 2.05) is 30.3 Å². The summed E-state index contributed by atoms with van der Waals surface area (Å²) in [5, 5.41) is 173. The molecule has 624 valence electrons. The van der Waals surface area contributed by atoms with Gasteiger partial charge in [0, 0.05) is 58.8 Å². The molecule has 23 N–H and O–H groups in total. The number of aliphatic hydroxyl groups excluding tert-OH is 15. The van der Waals surface area contributed by atoms with Gasteiger partial charge < -0.3 is 162 Å². The molecule has 0 saturated carbocycles. The molecule has 4 heterocycles. The topological polar surface area (TPSA) is 626 Å². The number of amides is 8. The number of alkyl carbamates (subject to hydrolysis) is 1. The van der Waals surface area contributed by atoms with E-state index in [1.165, 1.54) is 16.7 Å². The molecule has 8 amide bonds. The number of hydrogen-bond donors (Lipinski definition) is 23. The zero-order valence-electron chi connectivity index (χ0n) is 61.0. The fraction of sp³-hybridized carbons (Fsp3) is 0.791. The molecule has 0 aromatic heterocycles. The molecule has 5 rings (SSSR count). The van der Waals surface area contributed by atoms with Crippen molar-refractivity contribution in [3.8, 4) is 0 Å². The quantitative estimate of drug-likeness (QED) is 0.0269. The number of carbonyl (C=O) groups is 8. The van der Waals surface area contributed by atoms with Crippen LogP contribution in [-0.2, 0) is 82.8 Å². The first kappa shape index (κ1) is 93.4. The summed E-state index contributed by atoms with van der Waals surface area (Å²) in [5.41, 5.74) is 0.824. The Balaban J connectivity index is 1.21. The SMILES string of the molecule is C[C@@H]1O[C@@H](OCCNC(=O)CCCCCNC(=O)CN(CC(=O)NCCCCCNC(=O)OCc2ccccc2)CC(=O)NCCCC[C@@H](C(=O)NCCO[C@H]2O[C@H](CO)[C@@H](O)[C@H](O)[C@@H]2O)N(CC(=O)NCCO[C@H]2O[C@H](CO)[C@@H](O)[C@H](O)[C@@H]2O)CC(=O)NCCO[C@H]2O[C@H](CO)[C@@H](O)[C@H](O)[C@@H]2O)[C@@H](O)[C@H](O)[C@@H]1O. The van der Waals surface area contributed by atoms with Gasteiger partial charge in [0.15, 0.2) is 25.2 Å². The lowest BCUT2D eigenvalue weighted by atomic mass is 9.99. The minimum absolute atomic E-state index is 0.0554. The van der Waals surface area contributed by atoms with Gasteiger partial charge in [-0.05, 0) is 63.9 Å². The van der Waals surface area contributed by atoms with E-state index in [0.717, 1.165) is 5.56 Å².